The van der Waals surface area contributed by atoms with Crippen molar-refractivity contribution >= 4 is 16.9 Å². The minimum atomic E-state index is -0.923. The first kappa shape index (κ1) is 9.73. The van der Waals surface area contributed by atoms with Gasteiger partial charge in [0.05, 0.1) is 11.8 Å². The van der Waals surface area contributed by atoms with E-state index < -0.39 is 5.97 Å². The largest absolute Gasteiger partial charge is 0.478 e. The minimum Gasteiger partial charge on any atom is -0.478 e. The molecule has 1 aromatic carbocycles. The minimum absolute atomic E-state index is 0.279. The molecule has 0 unspecified atom stereocenters. The maximum absolute atomic E-state index is 10.8. The van der Waals surface area contributed by atoms with E-state index in [1.807, 2.05) is 7.05 Å². The van der Waals surface area contributed by atoms with E-state index in [0.29, 0.717) is 12.1 Å². The first-order chi connectivity index (χ1) is 7.22. The molecule has 0 aliphatic rings. The Morgan fingerprint density at radius 3 is 3.00 bits per heavy atom. The maximum Gasteiger partial charge on any atom is 0.335 e. The molecule has 1 aromatic heterocycles. The Bertz CT molecular complexity index is 502. The van der Waals surface area contributed by atoms with Crippen molar-refractivity contribution in [1.82, 2.24) is 5.32 Å². The van der Waals surface area contributed by atoms with E-state index >= 15 is 0 Å². The molecule has 1 heterocycles. The lowest BCUT2D eigenvalue weighted by Gasteiger charge is -1.97. The third kappa shape index (κ3) is 1.71. The summed E-state index contributed by atoms with van der Waals surface area (Å²) in [6.07, 6.45) is 1.65. The average molecular weight is 205 g/mol. The van der Waals surface area contributed by atoms with Gasteiger partial charge in [-0.3, -0.25) is 0 Å². The van der Waals surface area contributed by atoms with Crippen LogP contribution in [0.2, 0.25) is 0 Å². The van der Waals surface area contributed by atoms with Crippen molar-refractivity contribution in [3.05, 3.63) is 35.6 Å². The van der Waals surface area contributed by atoms with Crippen LogP contribution in [0.1, 0.15) is 15.9 Å². The van der Waals surface area contributed by atoms with Crippen LogP contribution in [-0.2, 0) is 6.54 Å². The molecule has 0 aliphatic carbocycles. The lowest BCUT2D eigenvalue weighted by Crippen LogP contribution is -2.04. The predicted molar refractivity (Wildman–Crippen MR) is 55.9 cm³/mol. The molecule has 0 amide bonds. The molecule has 0 bridgehead atoms. The van der Waals surface area contributed by atoms with Gasteiger partial charge in [-0.25, -0.2) is 4.79 Å². The second kappa shape index (κ2) is 3.74. The van der Waals surface area contributed by atoms with E-state index in [1.54, 1.807) is 18.4 Å². The molecule has 2 rings (SSSR count). The second-order valence-electron chi connectivity index (χ2n) is 3.31. The standard InChI is InChI=1S/C11H11NO3/c1-12-5-8-6-15-10-3-2-7(11(13)14)4-9(8)10/h2-4,6,12H,5H2,1H3,(H,13,14). The predicted octanol–water partition coefficient (Wildman–Crippen LogP) is 1.85. The van der Waals surface area contributed by atoms with Crippen LogP contribution < -0.4 is 5.32 Å². The molecule has 15 heavy (non-hydrogen) atoms. The number of hydrogen-bond acceptors (Lipinski definition) is 3. The monoisotopic (exact) mass is 205 g/mol. The number of aromatic carboxylic acids is 1. The van der Waals surface area contributed by atoms with Crippen LogP contribution in [0.25, 0.3) is 11.0 Å². The molecule has 0 saturated heterocycles. The van der Waals surface area contributed by atoms with E-state index in [-0.39, 0.29) is 5.56 Å². The summed E-state index contributed by atoms with van der Waals surface area (Å²) < 4.78 is 5.30. The molecule has 0 aliphatic heterocycles. The lowest BCUT2D eigenvalue weighted by atomic mass is 10.1. The van der Waals surface area contributed by atoms with E-state index in [9.17, 15) is 4.79 Å². The third-order valence-corrected chi connectivity index (χ3v) is 2.27. The summed E-state index contributed by atoms with van der Waals surface area (Å²) in [6.45, 7) is 0.663. The van der Waals surface area contributed by atoms with E-state index in [4.69, 9.17) is 9.52 Å². The topological polar surface area (TPSA) is 62.5 Å². The molecular formula is C11H11NO3. The summed E-state index contributed by atoms with van der Waals surface area (Å²) in [4.78, 5) is 10.8. The normalized spacial score (nSPS) is 10.7. The van der Waals surface area contributed by atoms with E-state index in [1.165, 1.54) is 6.07 Å². The van der Waals surface area contributed by atoms with Crippen LogP contribution in [0.5, 0.6) is 0 Å². The number of hydrogen-bond donors (Lipinski definition) is 2. The summed E-state index contributed by atoms with van der Waals surface area (Å²) in [5, 5.41) is 12.7. The Hall–Kier alpha value is -1.81. The molecule has 0 atom stereocenters. The zero-order valence-electron chi connectivity index (χ0n) is 8.28. The zero-order valence-corrected chi connectivity index (χ0v) is 8.28. The van der Waals surface area contributed by atoms with Gasteiger partial charge in [-0.15, -0.1) is 0 Å². The molecule has 2 N–H and O–H groups in total. The Balaban J connectivity index is 2.56. The highest BCUT2D eigenvalue weighted by Gasteiger charge is 2.09. The Kier molecular flexibility index (Phi) is 2.43. The summed E-state index contributed by atoms with van der Waals surface area (Å²) in [5.74, 6) is -0.923. The molecule has 4 nitrogen and oxygen atoms in total. The molecule has 0 radical (unpaired) electrons. The molecule has 0 fully saturated rings. The van der Waals surface area contributed by atoms with Gasteiger partial charge in [0, 0.05) is 17.5 Å². The van der Waals surface area contributed by atoms with Crippen molar-refractivity contribution in [3.63, 3.8) is 0 Å². The van der Waals surface area contributed by atoms with Crippen LogP contribution in [-0.4, -0.2) is 18.1 Å². The van der Waals surface area contributed by atoms with Gasteiger partial charge in [-0.05, 0) is 25.2 Å². The summed E-state index contributed by atoms with van der Waals surface area (Å²) in [6, 6.07) is 4.85. The molecule has 0 saturated carbocycles. The molecular weight excluding hydrogens is 194 g/mol. The highest BCUT2D eigenvalue weighted by Crippen LogP contribution is 2.22. The number of carboxylic acids is 1. The second-order valence-corrected chi connectivity index (χ2v) is 3.31. The fourth-order valence-electron chi connectivity index (χ4n) is 1.54. The van der Waals surface area contributed by atoms with Crippen molar-refractivity contribution in [1.29, 1.82) is 0 Å². The molecule has 4 heteroatoms. The molecule has 2 aromatic rings. The van der Waals surface area contributed by atoms with E-state index in [2.05, 4.69) is 5.32 Å². The quantitative estimate of drug-likeness (QED) is 0.802. The number of benzene rings is 1. The third-order valence-electron chi connectivity index (χ3n) is 2.27. The zero-order chi connectivity index (χ0) is 10.8. The van der Waals surface area contributed by atoms with Crippen LogP contribution in [0.15, 0.2) is 28.9 Å². The van der Waals surface area contributed by atoms with Gasteiger partial charge in [-0.1, -0.05) is 0 Å². The van der Waals surface area contributed by atoms with Crippen LogP contribution in [0.4, 0.5) is 0 Å². The summed E-state index contributed by atoms with van der Waals surface area (Å²) in [5.41, 5.74) is 1.96. The Morgan fingerprint density at radius 2 is 2.33 bits per heavy atom. The number of carboxylic acid groups (broad SMARTS) is 1. The number of carbonyl (C=O) groups is 1. The number of fused-ring (bicyclic) bond motifs is 1. The van der Waals surface area contributed by atoms with Crippen molar-refractivity contribution in [3.8, 4) is 0 Å². The number of furan rings is 1. The van der Waals surface area contributed by atoms with Gasteiger partial charge in [-0.2, -0.15) is 0 Å². The maximum atomic E-state index is 10.8. The van der Waals surface area contributed by atoms with Gasteiger partial charge >= 0.3 is 5.97 Å². The first-order valence-electron chi connectivity index (χ1n) is 4.60. The fourth-order valence-corrected chi connectivity index (χ4v) is 1.54. The van der Waals surface area contributed by atoms with E-state index in [0.717, 1.165) is 10.9 Å². The lowest BCUT2D eigenvalue weighted by molar-refractivity contribution is 0.0697. The van der Waals surface area contributed by atoms with Crippen LogP contribution >= 0.6 is 0 Å². The smallest absolute Gasteiger partial charge is 0.335 e. The highest BCUT2D eigenvalue weighted by molar-refractivity contribution is 5.93. The van der Waals surface area contributed by atoms with Gasteiger partial charge in [0.2, 0.25) is 0 Å². The van der Waals surface area contributed by atoms with Gasteiger partial charge < -0.3 is 14.8 Å². The highest BCUT2D eigenvalue weighted by atomic mass is 16.4. The fraction of sp³-hybridized carbons (Fsp3) is 0.182. The van der Waals surface area contributed by atoms with Gasteiger partial charge in [0.1, 0.15) is 5.58 Å². The summed E-state index contributed by atoms with van der Waals surface area (Å²) in [7, 11) is 1.83. The Morgan fingerprint density at radius 1 is 1.53 bits per heavy atom. The molecule has 78 valence electrons. The summed E-state index contributed by atoms with van der Waals surface area (Å²) >= 11 is 0. The van der Waals surface area contributed by atoms with Crippen molar-refractivity contribution in [2.75, 3.05) is 7.05 Å². The van der Waals surface area contributed by atoms with Crippen LogP contribution in [0.3, 0.4) is 0 Å². The number of rotatable bonds is 3. The SMILES string of the molecule is CNCc1coc2ccc(C(=O)O)cc12. The first-order valence-corrected chi connectivity index (χ1v) is 4.60. The average Bonchev–Trinajstić information content (AvgIpc) is 2.61. The van der Waals surface area contributed by atoms with Crippen molar-refractivity contribution in [2.45, 2.75) is 6.54 Å². The van der Waals surface area contributed by atoms with Gasteiger partial charge in [0.25, 0.3) is 0 Å². The van der Waals surface area contributed by atoms with Crippen molar-refractivity contribution < 1.29 is 14.3 Å². The van der Waals surface area contributed by atoms with Gasteiger partial charge in [0.15, 0.2) is 0 Å². The van der Waals surface area contributed by atoms with Crippen molar-refractivity contribution in [2.24, 2.45) is 0 Å². The molecule has 0 spiro atoms. The number of nitrogens with one attached hydrogen (secondary N) is 1. The Labute approximate surface area is 86.5 Å². The van der Waals surface area contributed by atoms with Crippen LogP contribution in [0, 0.1) is 0 Å².